The molecule has 1 aromatic rings. The van der Waals surface area contributed by atoms with Gasteiger partial charge >= 0.3 is 5.97 Å². The first-order chi connectivity index (χ1) is 7.02. The number of anilines is 1. The number of nitrogen functional groups attached to an aromatic ring is 1. The van der Waals surface area contributed by atoms with E-state index in [-0.39, 0.29) is 11.7 Å². The summed E-state index contributed by atoms with van der Waals surface area (Å²) in [6, 6.07) is 0.232. The topological polar surface area (TPSA) is 70.1 Å². The molecule has 0 saturated carbocycles. The highest BCUT2D eigenvalue weighted by Crippen LogP contribution is 2.22. The molecule has 0 spiro atoms. The number of carbonyl (C=O) groups is 1. The highest BCUT2D eigenvalue weighted by atomic mass is 16.5. The molecule has 15 heavy (non-hydrogen) atoms. The van der Waals surface area contributed by atoms with Gasteiger partial charge in [0.1, 0.15) is 11.6 Å². The Morgan fingerprint density at radius 2 is 2.27 bits per heavy atom. The largest absolute Gasteiger partial charge is 0.464 e. The smallest absolute Gasteiger partial charge is 0.360 e. The van der Waals surface area contributed by atoms with Crippen LogP contribution in [0, 0.1) is 6.92 Å². The first-order valence-corrected chi connectivity index (χ1v) is 4.95. The maximum Gasteiger partial charge on any atom is 0.360 e. The summed E-state index contributed by atoms with van der Waals surface area (Å²) in [5.41, 5.74) is 6.06. The van der Waals surface area contributed by atoms with E-state index in [1.54, 1.807) is 0 Å². The lowest BCUT2D eigenvalue weighted by atomic mass is 10.2. The average molecular weight is 211 g/mol. The number of hydrogen-bond acceptors (Lipinski definition) is 4. The third kappa shape index (κ3) is 1.95. The third-order valence-electron chi connectivity index (χ3n) is 2.53. The van der Waals surface area contributed by atoms with Crippen LogP contribution >= 0.6 is 0 Å². The monoisotopic (exact) mass is 211 g/mol. The van der Waals surface area contributed by atoms with Crippen molar-refractivity contribution < 1.29 is 9.53 Å². The van der Waals surface area contributed by atoms with Crippen molar-refractivity contribution in [1.82, 2.24) is 9.55 Å². The van der Waals surface area contributed by atoms with Crippen LogP contribution in [0.3, 0.4) is 0 Å². The summed E-state index contributed by atoms with van der Waals surface area (Å²) in [7, 11) is 1.32. The SMILES string of the molecule is CCC(C)n1c(C)nc(C(=O)OC)c1N. The van der Waals surface area contributed by atoms with Crippen molar-refractivity contribution in [1.29, 1.82) is 0 Å². The fourth-order valence-corrected chi connectivity index (χ4v) is 1.55. The molecule has 1 aromatic heterocycles. The van der Waals surface area contributed by atoms with Crippen LogP contribution in [0.2, 0.25) is 0 Å². The number of methoxy groups -OCH3 is 1. The van der Waals surface area contributed by atoms with E-state index in [1.807, 2.05) is 18.4 Å². The lowest BCUT2D eigenvalue weighted by Gasteiger charge is -2.14. The third-order valence-corrected chi connectivity index (χ3v) is 2.53. The number of rotatable bonds is 3. The van der Waals surface area contributed by atoms with E-state index in [1.165, 1.54) is 7.11 Å². The first kappa shape index (κ1) is 11.6. The summed E-state index contributed by atoms with van der Waals surface area (Å²) in [6.45, 7) is 5.92. The minimum absolute atomic E-state index is 0.204. The quantitative estimate of drug-likeness (QED) is 0.770. The Hall–Kier alpha value is -1.52. The van der Waals surface area contributed by atoms with Crippen molar-refractivity contribution in [3.63, 3.8) is 0 Å². The average Bonchev–Trinajstić information content (AvgIpc) is 2.52. The van der Waals surface area contributed by atoms with E-state index in [0.717, 1.165) is 12.2 Å². The molecule has 0 saturated heterocycles. The van der Waals surface area contributed by atoms with Crippen molar-refractivity contribution in [3.8, 4) is 0 Å². The Morgan fingerprint density at radius 1 is 1.67 bits per heavy atom. The molecule has 0 radical (unpaired) electrons. The van der Waals surface area contributed by atoms with Crippen molar-refractivity contribution in [2.75, 3.05) is 12.8 Å². The van der Waals surface area contributed by atoms with Gasteiger partial charge in [-0.2, -0.15) is 0 Å². The van der Waals surface area contributed by atoms with E-state index >= 15 is 0 Å². The van der Waals surface area contributed by atoms with Gasteiger partial charge in [-0.3, -0.25) is 0 Å². The molecule has 0 amide bonds. The van der Waals surface area contributed by atoms with Gasteiger partial charge in [0.25, 0.3) is 0 Å². The first-order valence-electron chi connectivity index (χ1n) is 4.95. The van der Waals surface area contributed by atoms with Crippen molar-refractivity contribution in [2.45, 2.75) is 33.2 Å². The molecule has 0 bridgehead atoms. The zero-order valence-electron chi connectivity index (χ0n) is 9.57. The van der Waals surface area contributed by atoms with Crippen molar-refractivity contribution in [2.24, 2.45) is 0 Å². The summed E-state index contributed by atoms with van der Waals surface area (Å²) in [5.74, 6) is 0.633. The Labute approximate surface area is 89.2 Å². The lowest BCUT2D eigenvalue weighted by molar-refractivity contribution is 0.0595. The fraction of sp³-hybridized carbons (Fsp3) is 0.600. The van der Waals surface area contributed by atoms with Gasteiger partial charge in [0, 0.05) is 6.04 Å². The Kier molecular flexibility index (Phi) is 3.34. The summed E-state index contributed by atoms with van der Waals surface area (Å²) < 4.78 is 6.46. The van der Waals surface area contributed by atoms with Crippen LogP contribution in [0.1, 0.15) is 42.6 Å². The number of aryl methyl sites for hydroxylation is 1. The number of ether oxygens (including phenoxy) is 1. The van der Waals surface area contributed by atoms with E-state index in [4.69, 9.17) is 5.73 Å². The van der Waals surface area contributed by atoms with E-state index in [0.29, 0.717) is 5.82 Å². The lowest BCUT2D eigenvalue weighted by Crippen LogP contribution is -2.11. The maximum atomic E-state index is 11.3. The second-order valence-corrected chi connectivity index (χ2v) is 3.51. The molecule has 1 unspecified atom stereocenters. The standard InChI is InChI=1S/C10H17N3O2/c1-5-6(2)13-7(3)12-8(9(13)11)10(14)15-4/h6H,5,11H2,1-4H3. The molecule has 1 rings (SSSR count). The molecule has 0 fully saturated rings. The van der Waals surface area contributed by atoms with Crippen molar-refractivity contribution >= 4 is 11.8 Å². The Bertz CT molecular complexity index is 371. The molecule has 5 nitrogen and oxygen atoms in total. The van der Waals surface area contributed by atoms with Gasteiger partial charge in [-0.15, -0.1) is 0 Å². The number of nitrogens with zero attached hydrogens (tertiary/aromatic N) is 2. The number of nitrogens with two attached hydrogens (primary N) is 1. The Balaban J connectivity index is 3.20. The molecule has 0 aliphatic carbocycles. The fourth-order valence-electron chi connectivity index (χ4n) is 1.55. The minimum Gasteiger partial charge on any atom is -0.464 e. The van der Waals surface area contributed by atoms with Crippen LogP contribution in [-0.2, 0) is 4.74 Å². The van der Waals surface area contributed by atoms with Gasteiger partial charge in [0.15, 0.2) is 5.69 Å². The predicted octanol–water partition coefficient (Wildman–Crippen LogP) is 1.53. The van der Waals surface area contributed by atoms with Gasteiger partial charge in [-0.25, -0.2) is 9.78 Å². The second-order valence-electron chi connectivity index (χ2n) is 3.51. The summed E-state index contributed by atoms with van der Waals surface area (Å²) in [4.78, 5) is 15.4. The zero-order chi connectivity index (χ0) is 11.6. The number of hydrogen-bond donors (Lipinski definition) is 1. The van der Waals surface area contributed by atoms with Gasteiger partial charge in [-0.05, 0) is 20.3 Å². The molecule has 2 N–H and O–H groups in total. The molecule has 84 valence electrons. The maximum absolute atomic E-state index is 11.3. The highest BCUT2D eigenvalue weighted by molar-refractivity contribution is 5.92. The van der Waals surface area contributed by atoms with Crippen LogP contribution in [-0.4, -0.2) is 22.6 Å². The molecular formula is C10H17N3O2. The van der Waals surface area contributed by atoms with Gasteiger partial charge < -0.3 is 15.0 Å². The van der Waals surface area contributed by atoms with E-state index in [2.05, 4.69) is 16.6 Å². The predicted molar refractivity (Wildman–Crippen MR) is 57.7 cm³/mol. The molecule has 1 heterocycles. The number of imidazole rings is 1. The molecule has 0 aliphatic rings. The number of carbonyl (C=O) groups excluding carboxylic acids is 1. The van der Waals surface area contributed by atoms with E-state index in [9.17, 15) is 4.79 Å². The molecule has 5 heteroatoms. The van der Waals surface area contributed by atoms with Gasteiger partial charge in [-0.1, -0.05) is 6.92 Å². The van der Waals surface area contributed by atoms with Gasteiger partial charge in [0.05, 0.1) is 7.11 Å². The van der Waals surface area contributed by atoms with Crippen molar-refractivity contribution in [3.05, 3.63) is 11.5 Å². The zero-order valence-corrected chi connectivity index (χ0v) is 9.57. The normalized spacial score (nSPS) is 12.5. The molecule has 1 atom stereocenters. The molecular weight excluding hydrogens is 194 g/mol. The van der Waals surface area contributed by atoms with Crippen LogP contribution in [0.25, 0.3) is 0 Å². The minimum atomic E-state index is -0.488. The summed E-state index contributed by atoms with van der Waals surface area (Å²) >= 11 is 0. The van der Waals surface area contributed by atoms with E-state index < -0.39 is 5.97 Å². The second kappa shape index (κ2) is 4.33. The molecule has 0 aliphatic heterocycles. The number of aromatic nitrogens is 2. The summed E-state index contributed by atoms with van der Waals surface area (Å²) in [6.07, 6.45) is 0.933. The Morgan fingerprint density at radius 3 is 2.73 bits per heavy atom. The summed E-state index contributed by atoms with van der Waals surface area (Å²) in [5, 5.41) is 0. The van der Waals surface area contributed by atoms with Gasteiger partial charge in [0.2, 0.25) is 0 Å². The van der Waals surface area contributed by atoms with Crippen LogP contribution in [0.15, 0.2) is 0 Å². The molecule has 0 aromatic carbocycles. The number of esters is 1. The van der Waals surface area contributed by atoms with Crippen LogP contribution < -0.4 is 5.73 Å². The van der Waals surface area contributed by atoms with Crippen LogP contribution in [0.5, 0.6) is 0 Å². The van der Waals surface area contributed by atoms with Crippen LogP contribution in [0.4, 0.5) is 5.82 Å². The highest BCUT2D eigenvalue weighted by Gasteiger charge is 2.20.